The van der Waals surface area contributed by atoms with Crippen LogP contribution in [-0.2, 0) is 22.7 Å². The highest BCUT2D eigenvalue weighted by Gasteiger charge is 2.30. The van der Waals surface area contributed by atoms with E-state index in [2.05, 4.69) is 10.3 Å². The molecule has 0 unspecified atom stereocenters. The molecule has 3 rings (SSSR count). The number of amides is 2. The highest BCUT2D eigenvalue weighted by molar-refractivity contribution is 5.83. The molecular weight excluding hydrogens is 347 g/mol. The van der Waals surface area contributed by atoms with Gasteiger partial charge in [-0.3, -0.25) is 9.59 Å². The van der Waals surface area contributed by atoms with Crippen molar-refractivity contribution in [2.75, 3.05) is 13.1 Å². The lowest BCUT2D eigenvalue weighted by Crippen LogP contribution is -2.45. The number of carbonyl (C=O) groups is 2. The van der Waals surface area contributed by atoms with Crippen molar-refractivity contribution < 1.29 is 14.0 Å². The van der Waals surface area contributed by atoms with E-state index in [0.717, 1.165) is 18.8 Å². The molecule has 7 heteroatoms. The van der Waals surface area contributed by atoms with Gasteiger partial charge in [0.05, 0.1) is 5.92 Å². The van der Waals surface area contributed by atoms with Gasteiger partial charge in [-0.15, -0.1) is 0 Å². The fourth-order valence-corrected chi connectivity index (χ4v) is 3.36. The summed E-state index contributed by atoms with van der Waals surface area (Å²) in [5, 5.41) is 2.96. The number of hydrogen-bond donors (Lipinski definition) is 1. The predicted octanol–water partition coefficient (Wildman–Crippen LogP) is 2.28. The summed E-state index contributed by atoms with van der Waals surface area (Å²) in [7, 11) is 0. The molecule has 2 heterocycles. The van der Waals surface area contributed by atoms with E-state index in [4.69, 9.17) is 0 Å². The summed E-state index contributed by atoms with van der Waals surface area (Å²) in [4.78, 5) is 30.4. The van der Waals surface area contributed by atoms with Crippen molar-refractivity contribution in [3.8, 4) is 0 Å². The summed E-state index contributed by atoms with van der Waals surface area (Å²) in [5.41, 5.74) is 0.475. The summed E-state index contributed by atoms with van der Waals surface area (Å²) < 4.78 is 15.9. The van der Waals surface area contributed by atoms with E-state index in [0.29, 0.717) is 31.5 Å². The molecule has 2 amide bonds. The topological polar surface area (TPSA) is 67.2 Å². The van der Waals surface area contributed by atoms with E-state index in [9.17, 15) is 14.0 Å². The zero-order valence-corrected chi connectivity index (χ0v) is 15.5. The Labute approximate surface area is 158 Å². The van der Waals surface area contributed by atoms with Gasteiger partial charge in [0.1, 0.15) is 11.6 Å². The van der Waals surface area contributed by atoms with E-state index >= 15 is 0 Å². The lowest BCUT2D eigenvalue weighted by atomic mass is 9.96. The molecule has 0 spiro atoms. The Kier molecular flexibility index (Phi) is 6.21. The molecule has 27 heavy (non-hydrogen) atoms. The molecule has 1 saturated heterocycles. The quantitative estimate of drug-likeness (QED) is 0.758. The Morgan fingerprint density at radius 2 is 2.19 bits per heavy atom. The van der Waals surface area contributed by atoms with Gasteiger partial charge in [-0.1, -0.05) is 18.2 Å². The van der Waals surface area contributed by atoms with Crippen LogP contribution in [0.4, 0.5) is 4.39 Å². The Morgan fingerprint density at radius 1 is 1.37 bits per heavy atom. The van der Waals surface area contributed by atoms with Crippen LogP contribution >= 0.6 is 0 Å². The van der Waals surface area contributed by atoms with Gasteiger partial charge in [0.2, 0.25) is 11.8 Å². The second-order valence-electron chi connectivity index (χ2n) is 6.91. The maximum Gasteiger partial charge on any atom is 0.224 e. The molecule has 1 aliphatic rings. The number of likely N-dealkylation sites (tertiary alicyclic amines) is 1. The summed E-state index contributed by atoms with van der Waals surface area (Å²) in [6.07, 6.45) is 5.36. The van der Waals surface area contributed by atoms with E-state index in [1.54, 1.807) is 29.3 Å². The van der Waals surface area contributed by atoms with Crippen LogP contribution in [-0.4, -0.2) is 39.4 Å². The first-order valence-electron chi connectivity index (χ1n) is 9.31. The molecule has 2 aromatic rings. The van der Waals surface area contributed by atoms with E-state index in [-0.39, 0.29) is 30.1 Å². The third kappa shape index (κ3) is 4.93. The maximum absolute atomic E-state index is 13.9. The molecule has 1 aliphatic heterocycles. The number of nitrogens with zero attached hydrogens (tertiary/aromatic N) is 3. The molecule has 1 aromatic carbocycles. The number of benzene rings is 1. The lowest BCUT2D eigenvalue weighted by molar-refractivity contribution is -0.138. The van der Waals surface area contributed by atoms with Crippen LogP contribution in [0.2, 0.25) is 0 Å². The van der Waals surface area contributed by atoms with Crippen LogP contribution in [0.15, 0.2) is 36.7 Å². The van der Waals surface area contributed by atoms with Crippen molar-refractivity contribution in [2.24, 2.45) is 5.92 Å². The first-order chi connectivity index (χ1) is 13.0. The number of aromatic nitrogens is 2. The normalized spacial score (nSPS) is 17.2. The van der Waals surface area contributed by atoms with E-state index in [1.807, 2.05) is 17.7 Å². The lowest BCUT2D eigenvalue weighted by Gasteiger charge is -2.32. The number of aryl methyl sites for hydroxylation is 2. The Morgan fingerprint density at radius 3 is 2.93 bits per heavy atom. The molecule has 1 fully saturated rings. The second-order valence-corrected chi connectivity index (χ2v) is 6.91. The smallest absolute Gasteiger partial charge is 0.224 e. The van der Waals surface area contributed by atoms with Crippen molar-refractivity contribution in [3.63, 3.8) is 0 Å². The fourth-order valence-electron chi connectivity index (χ4n) is 3.36. The number of carbonyl (C=O) groups excluding carboxylic acids is 2. The molecule has 6 nitrogen and oxygen atoms in total. The highest BCUT2D eigenvalue weighted by Crippen LogP contribution is 2.21. The largest absolute Gasteiger partial charge is 0.356 e. The third-order valence-corrected chi connectivity index (χ3v) is 4.99. The molecular formula is C20H25FN4O2. The first-order valence-corrected chi connectivity index (χ1v) is 9.31. The van der Waals surface area contributed by atoms with Gasteiger partial charge in [0.25, 0.3) is 0 Å². The first kappa shape index (κ1) is 19.1. The molecule has 0 saturated carbocycles. The predicted molar refractivity (Wildman–Crippen MR) is 99.1 cm³/mol. The van der Waals surface area contributed by atoms with Crippen LogP contribution in [0.5, 0.6) is 0 Å². The Hall–Kier alpha value is -2.70. The Bertz CT molecular complexity index is 805. The number of nitrogens with one attached hydrogen (secondary N) is 1. The molecule has 0 bridgehead atoms. The Balaban J connectivity index is 1.48. The van der Waals surface area contributed by atoms with E-state index < -0.39 is 0 Å². The summed E-state index contributed by atoms with van der Waals surface area (Å²) in [6.45, 7) is 3.86. The van der Waals surface area contributed by atoms with Gasteiger partial charge >= 0.3 is 0 Å². The SMILES string of the molecule is Cc1nccn1CCCNC(=O)[C@H]1CCC(=O)N(Cc2ccccc2F)C1. The second kappa shape index (κ2) is 8.79. The monoisotopic (exact) mass is 372 g/mol. The van der Waals surface area contributed by atoms with Crippen LogP contribution in [0.1, 0.15) is 30.7 Å². The van der Waals surface area contributed by atoms with Crippen molar-refractivity contribution in [2.45, 2.75) is 39.3 Å². The number of piperidine rings is 1. The molecule has 1 atom stereocenters. The minimum Gasteiger partial charge on any atom is -0.356 e. The molecule has 0 radical (unpaired) electrons. The van der Waals surface area contributed by atoms with Crippen molar-refractivity contribution >= 4 is 11.8 Å². The fraction of sp³-hybridized carbons (Fsp3) is 0.450. The zero-order valence-electron chi connectivity index (χ0n) is 15.5. The minimum absolute atomic E-state index is 0.0297. The van der Waals surface area contributed by atoms with Crippen molar-refractivity contribution in [1.29, 1.82) is 0 Å². The van der Waals surface area contributed by atoms with Crippen LogP contribution < -0.4 is 5.32 Å². The van der Waals surface area contributed by atoms with Crippen molar-refractivity contribution in [3.05, 3.63) is 53.9 Å². The van der Waals surface area contributed by atoms with E-state index in [1.165, 1.54) is 6.07 Å². The minimum atomic E-state index is -0.327. The van der Waals surface area contributed by atoms with Gasteiger partial charge in [0.15, 0.2) is 0 Å². The van der Waals surface area contributed by atoms with Gasteiger partial charge in [-0.25, -0.2) is 9.37 Å². The van der Waals surface area contributed by atoms with Gasteiger partial charge in [0, 0.05) is 50.6 Å². The standard InChI is InChI=1S/C20H25FN4O2/c1-15-22-10-12-24(15)11-4-9-23-20(27)17-7-8-19(26)25(14-17)13-16-5-2-3-6-18(16)21/h2-3,5-6,10,12,17H,4,7-9,11,13-14H2,1H3,(H,23,27)/t17-/m0/s1. The number of halogens is 1. The zero-order chi connectivity index (χ0) is 19.2. The molecule has 1 aromatic heterocycles. The summed E-state index contributed by atoms with van der Waals surface area (Å²) >= 11 is 0. The van der Waals surface area contributed by atoms with Crippen molar-refractivity contribution in [1.82, 2.24) is 19.8 Å². The summed E-state index contributed by atoms with van der Waals surface area (Å²) in [6, 6.07) is 6.43. The van der Waals surface area contributed by atoms with Gasteiger partial charge in [-0.05, 0) is 25.8 Å². The van der Waals surface area contributed by atoms with Crippen LogP contribution in [0.25, 0.3) is 0 Å². The molecule has 0 aliphatic carbocycles. The molecule has 1 N–H and O–H groups in total. The number of imidazole rings is 1. The third-order valence-electron chi connectivity index (χ3n) is 4.99. The highest BCUT2D eigenvalue weighted by atomic mass is 19.1. The van der Waals surface area contributed by atoms with Crippen LogP contribution in [0.3, 0.4) is 0 Å². The van der Waals surface area contributed by atoms with Gasteiger partial charge < -0.3 is 14.8 Å². The number of hydrogen-bond acceptors (Lipinski definition) is 3. The molecule has 144 valence electrons. The average Bonchev–Trinajstić information content (AvgIpc) is 3.07. The van der Waals surface area contributed by atoms with Gasteiger partial charge in [-0.2, -0.15) is 0 Å². The van der Waals surface area contributed by atoms with Crippen LogP contribution in [0, 0.1) is 18.7 Å². The average molecular weight is 372 g/mol. The maximum atomic E-state index is 13.9. The number of rotatable bonds is 7. The summed E-state index contributed by atoms with van der Waals surface area (Å²) in [5.74, 6) is 0.313.